The monoisotopic (exact) mass is 2160 g/mol. The summed E-state index contributed by atoms with van der Waals surface area (Å²) in [4.78, 5) is 45.7. The third kappa shape index (κ3) is 23.3. The zero-order chi connectivity index (χ0) is 110. The minimum absolute atomic E-state index is 0.0581. The molecule has 4 saturated carbocycles. The number of esters is 3. The van der Waals surface area contributed by atoms with Crippen LogP contribution in [0.2, 0.25) is 0 Å². The number of allylic oxidation sites excluding steroid dienone is 4. The van der Waals surface area contributed by atoms with Crippen LogP contribution in [-0.4, -0.2) is 484 Å². The predicted molar refractivity (Wildman–Crippen MR) is 503 cm³/mol. The van der Waals surface area contributed by atoms with Crippen molar-refractivity contribution in [2.24, 2.45) is 50.2 Å². The Balaban J connectivity index is 0.715. The lowest BCUT2D eigenvalue weighted by Crippen LogP contribution is -2.70. The van der Waals surface area contributed by atoms with Crippen LogP contribution in [0.15, 0.2) is 60.3 Å². The number of carbonyl (C=O) groups is 3. The van der Waals surface area contributed by atoms with Crippen molar-refractivity contribution in [2.75, 3.05) is 46.2 Å². The Labute approximate surface area is 867 Å². The van der Waals surface area contributed by atoms with Gasteiger partial charge in [0.2, 0.25) is 6.29 Å². The summed E-state index contributed by atoms with van der Waals surface area (Å²) >= 11 is 0. The van der Waals surface area contributed by atoms with Crippen LogP contribution in [0.25, 0.3) is 0 Å². The fourth-order valence-corrected chi connectivity index (χ4v) is 25.4. The summed E-state index contributed by atoms with van der Waals surface area (Å²) in [5.41, 5.74) is -8.73. The normalized spacial score (nSPS) is 49.2. The van der Waals surface area contributed by atoms with Crippen LogP contribution in [0, 0.1) is 50.2 Å². The molecule has 0 spiro atoms. The van der Waals surface area contributed by atoms with Crippen LogP contribution in [0.1, 0.15) is 167 Å². The second-order valence-corrected chi connectivity index (χ2v) is 45.7. The maximum absolute atomic E-state index is 16.9. The maximum Gasteiger partial charge on any atom is 0.336 e. The molecule has 0 unspecified atom stereocenters. The zero-order valence-electron chi connectivity index (χ0n) is 86.5. The Morgan fingerprint density at radius 2 is 0.887 bits per heavy atom. The van der Waals surface area contributed by atoms with Gasteiger partial charge in [0.15, 0.2) is 62.5 Å². The summed E-state index contributed by atoms with van der Waals surface area (Å²) in [5, 5.41) is 290. The maximum atomic E-state index is 16.9. The van der Waals surface area contributed by atoms with E-state index in [-0.39, 0.29) is 61.5 Å². The molecule has 49 nitrogen and oxygen atoms in total. The molecule has 13 fully saturated rings. The number of aliphatic hydroxyl groups is 26. The Hall–Kier alpha value is -4.61. The molecule has 9 heterocycles. The Bertz CT molecular complexity index is 4630. The van der Waals surface area contributed by atoms with Gasteiger partial charge in [-0.1, -0.05) is 84.4 Å². The van der Waals surface area contributed by atoms with E-state index >= 15 is 9.59 Å². The van der Waals surface area contributed by atoms with Gasteiger partial charge in [-0.25, -0.2) is 9.59 Å². The van der Waals surface area contributed by atoms with Crippen LogP contribution in [0.5, 0.6) is 0 Å². The molecule has 150 heavy (non-hydrogen) atoms. The first-order chi connectivity index (χ1) is 70.3. The summed E-state index contributed by atoms with van der Waals surface area (Å²) in [5.74, 6) is -4.70. The van der Waals surface area contributed by atoms with Gasteiger partial charge in [-0.15, -0.1) is 13.2 Å². The summed E-state index contributed by atoms with van der Waals surface area (Å²) in [6, 6.07) is 0. The Morgan fingerprint density at radius 3 is 1.48 bits per heavy atom. The first-order valence-electron chi connectivity index (χ1n) is 51.8. The number of ether oxygens (including phenoxy) is 20. The van der Waals surface area contributed by atoms with Crippen molar-refractivity contribution in [3.05, 3.63) is 60.3 Å². The van der Waals surface area contributed by atoms with Crippen molar-refractivity contribution in [1.82, 2.24) is 0 Å². The molecule has 14 aliphatic rings. The average Bonchev–Trinajstić information content (AvgIpc) is 0.670. The second-order valence-electron chi connectivity index (χ2n) is 45.7. The number of carbonyl (C=O) groups excluding carboxylic acids is 3. The number of aliphatic hydroxyl groups excluding tert-OH is 26. The van der Waals surface area contributed by atoms with Crippen LogP contribution in [0.3, 0.4) is 0 Å². The summed E-state index contributed by atoms with van der Waals surface area (Å²) in [6.45, 7) is 25.5. The van der Waals surface area contributed by atoms with Crippen LogP contribution in [-0.2, 0) is 109 Å². The molecular formula is C101H160O49. The first-order valence-corrected chi connectivity index (χ1v) is 51.8. The van der Waals surface area contributed by atoms with Crippen molar-refractivity contribution >= 4 is 17.9 Å². The van der Waals surface area contributed by atoms with E-state index in [1.54, 1.807) is 27.7 Å². The second kappa shape index (κ2) is 47.7. The fourth-order valence-electron chi connectivity index (χ4n) is 25.4. The first kappa shape index (κ1) is 121. The van der Waals surface area contributed by atoms with Crippen molar-refractivity contribution in [2.45, 2.75) is 455 Å². The average molecular weight is 2160 g/mol. The molecule has 54 atom stereocenters. The molecule has 0 radical (unpaired) electrons. The third-order valence-electron chi connectivity index (χ3n) is 35.3. The summed E-state index contributed by atoms with van der Waals surface area (Å²) < 4.78 is 121. The summed E-state index contributed by atoms with van der Waals surface area (Å²) in [6.07, 6.45) is -67.7. The van der Waals surface area contributed by atoms with Gasteiger partial charge in [0.25, 0.3) is 0 Å². The fraction of sp³-hybridized carbons (Fsp3) is 0.871. The van der Waals surface area contributed by atoms with E-state index in [2.05, 4.69) is 33.1 Å². The van der Waals surface area contributed by atoms with Gasteiger partial charge in [-0.05, 0) is 152 Å². The van der Waals surface area contributed by atoms with Gasteiger partial charge < -0.3 is 228 Å². The molecule has 5 aliphatic carbocycles. The lowest BCUT2D eigenvalue weighted by atomic mass is 9.33. The molecule has 0 aromatic heterocycles. The molecule has 0 aromatic carbocycles. The van der Waals surface area contributed by atoms with Gasteiger partial charge in [-0.2, -0.15) is 0 Å². The van der Waals surface area contributed by atoms with E-state index in [1.165, 1.54) is 52.0 Å². The number of hydrogen-bond donors (Lipinski definition) is 26. The molecule has 14 rings (SSSR count). The molecule has 9 saturated heterocycles. The highest BCUT2D eigenvalue weighted by molar-refractivity contribution is 5.89. The standard InChI is InChI=1S/C101H160O49/c1-16-96(11,149-89-74(125)65(116)58(109)41(4)134-89)26-18-20-40(3)82(128)143-77-42(5)136-90(75(126)69(77)120)150-97(12,17-2)27-19-21-44(33-102)83(129)141-57-32-101(93(130)148-92-81(68(119)62(113)50(35-104)139-92)147-88-76(127)79(145-87-73(124)66(117)61(112)49(34-103)137-87)78(43(6)135-88)144-86-71(122)63(114)51(36-105)138-86)46(30-94(57,7)8)45-22-23-54-98(13)28-25-56(95(9,10)53(98)24-29-99(54,14)100(45,15)31-55(101)108)142-85-72(123)67(118)64(115)52(140-85)39-133-91-80(60(111)48(107)38-132-91)146-84-70(121)59(110)47(106)37-131-84/h16-17,20-22,41-43,46-81,84-92,102-127H,1-2,18-19,23-39H2,3-15H3/b40-20+,44-21+/t41-,42-,43+,46+,47-,48+,49-,50-,51+,52-,53+,54-,55-,56+,57+,58-,59+,60+,61-,62-,63+,64-,65+,66+,67+,68+,69-,70-,71-,72-,73-,74-,75-,76-,77-,78+,79+,80-,81-,84+,85+,86+,87+,88+,89+,90+,91+,92+,96-,97-,98+,99-,100-,101-/m1/s1. The minimum Gasteiger partial charge on any atom is -0.458 e. The van der Waals surface area contributed by atoms with Gasteiger partial charge in [0.05, 0.1) is 93.5 Å². The van der Waals surface area contributed by atoms with Crippen molar-refractivity contribution in [3.8, 4) is 0 Å². The van der Waals surface area contributed by atoms with Crippen molar-refractivity contribution in [3.63, 3.8) is 0 Å². The van der Waals surface area contributed by atoms with E-state index in [4.69, 9.17) is 94.7 Å². The van der Waals surface area contributed by atoms with E-state index in [0.29, 0.717) is 37.7 Å². The SMILES string of the molecule is C=C[C@](C)(CC/C=C(\C)C(=O)O[C@H]1[C@H](O)[C@@H](O)[C@H](O[C@](C)(C=C)CC/C=C(\CO)C(=O)O[C@H]2C[C@]3(C(=O)O[C@@H]4O[C@H](CO)[C@@H](O)[C@H](O)[C@H]4O[C@@H]4O[C@@H](C)[C@H](O[C@@H]5O[C@@H](CO)[C@H](O)[C@H]5O)[C@@H](O[C@@H]5O[C@H](CO)[C@@H](O)[C@H](O)[C@H]5O)[C@H]4O)[C@H](O)C[C@]4(C)C(=CC[C@@H]5[C@@]6(C)CC[C@H](O[C@@H]7O[C@H](CO[C@@H]8OC[C@H](O)[C@H](O)[C@H]8O[C@@H]8OC[C@@H](O)[C@H](O)[C@H]8O)[C@@H](O)[C@H](O)[C@H]7O)C(C)(C)[C@@H]6CC[C@]54C)[C@@H]3CC2(C)C)O[C@@H]1C)O[C@@H]1O[C@H](C)[C@@H](O)[C@H](O)[C@H]1O. The molecular weight excluding hydrogens is 2000 g/mol. The highest BCUT2D eigenvalue weighted by Crippen LogP contribution is 2.77. The number of rotatable bonds is 35. The molecule has 49 heteroatoms. The summed E-state index contributed by atoms with van der Waals surface area (Å²) in [7, 11) is 0. The molecule has 0 aromatic rings. The van der Waals surface area contributed by atoms with E-state index in [1.807, 2.05) is 20.8 Å². The van der Waals surface area contributed by atoms with E-state index < -0.39 is 397 Å². The zero-order valence-corrected chi connectivity index (χ0v) is 86.5. The number of fused-ring (bicyclic) bond motifs is 7. The van der Waals surface area contributed by atoms with Crippen molar-refractivity contribution < 1.29 is 242 Å². The quantitative estimate of drug-likeness (QED) is 0.00922. The molecule has 9 aliphatic heterocycles. The van der Waals surface area contributed by atoms with E-state index in [0.717, 1.165) is 0 Å². The molecule has 0 amide bonds. The Morgan fingerprint density at radius 1 is 0.427 bits per heavy atom. The molecule has 858 valence electrons. The minimum atomic E-state index is -2.30. The van der Waals surface area contributed by atoms with Crippen LogP contribution in [0.4, 0.5) is 0 Å². The molecule has 0 bridgehead atoms. The lowest BCUT2D eigenvalue weighted by molar-refractivity contribution is -0.390. The van der Waals surface area contributed by atoms with Crippen molar-refractivity contribution in [1.29, 1.82) is 0 Å². The molecule has 26 N–H and O–H groups in total. The largest absolute Gasteiger partial charge is 0.458 e. The number of hydrogen-bond acceptors (Lipinski definition) is 49. The van der Waals surface area contributed by atoms with Crippen LogP contribution >= 0.6 is 0 Å². The van der Waals surface area contributed by atoms with Gasteiger partial charge in [0.1, 0.15) is 182 Å². The van der Waals surface area contributed by atoms with Gasteiger partial charge >= 0.3 is 17.9 Å². The Kier molecular flexibility index (Phi) is 38.4. The van der Waals surface area contributed by atoms with Crippen LogP contribution < -0.4 is 0 Å². The topological polar surface area (TPSA) is 762 Å². The van der Waals surface area contributed by atoms with Gasteiger partial charge in [0, 0.05) is 17.4 Å². The highest BCUT2D eigenvalue weighted by atomic mass is 16.8. The third-order valence-corrected chi connectivity index (χ3v) is 35.3. The lowest BCUT2D eigenvalue weighted by Gasteiger charge is -2.72. The van der Waals surface area contributed by atoms with E-state index in [9.17, 15) is 138 Å². The predicted octanol–water partition coefficient (Wildman–Crippen LogP) is -6.57. The highest BCUT2D eigenvalue weighted by Gasteiger charge is 2.74. The van der Waals surface area contributed by atoms with Gasteiger partial charge in [-0.3, -0.25) is 4.79 Å². The smallest absolute Gasteiger partial charge is 0.336 e.